The number of Topliss-reactive ketones (excluding diaryl/α,β-unsaturated/α-hetero) is 2. The highest BCUT2D eigenvalue weighted by Crippen LogP contribution is 2.60. The Morgan fingerprint density at radius 2 is 1.51 bits per heavy atom. The Kier molecular flexibility index (Phi) is 13.4. The van der Waals surface area contributed by atoms with Gasteiger partial charge < -0.3 is 19.0 Å². The average Bonchev–Trinajstić information content (AvgIpc) is 3.83. The van der Waals surface area contributed by atoms with Gasteiger partial charge in [-0.05, 0) is 115 Å². The van der Waals surface area contributed by atoms with Crippen molar-refractivity contribution in [3.8, 4) is 11.6 Å². The van der Waals surface area contributed by atoms with Crippen LogP contribution in [0.5, 0.6) is 0 Å². The molecule has 0 aromatic carbocycles. The standard InChI is InChI=1S/C13H12N2O4.C11H16O2.C7H6BrNO2.C5H4NO2/c1-3-18-13(17)11-7-15-12(19-11)10-5-4-9(6-14-10)8(2)16;12-10(13)11-4-7-1-8(5-11)3-9(2-7)6-11;1-11-7(10)5-2-3-6(8)9-4-5;1-4(7)5-2-6-3-8-5/h4-7H,3H2,1-2H3;7-9H,1-6H2,(H,12,13);2-4H,1H3;2H,1H3/q;;;+1. The van der Waals surface area contributed by atoms with Gasteiger partial charge in [0.05, 0.1) is 30.9 Å². The molecule has 14 nitrogen and oxygen atoms in total. The number of allylic oxidation sites excluding steroid dienone is 1. The summed E-state index contributed by atoms with van der Waals surface area (Å²) >= 11 is 3.15. The Morgan fingerprint density at radius 1 is 0.882 bits per heavy atom. The van der Waals surface area contributed by atoms with Crippen molar-refractivity contribution in [2.24, 2.45) is 28.2 Å². The number of nitrogens with zero attached hydrogens (tertiary/aromatic N) is 4. The first-order chi connectivity index (χ1) is 24.3. The predicted molar refractivity (Wildman–Crippen MR) is 184 cm³/mol. The number of ketones is 2. The second-order valence-corrected chi connectivity index (χ2v) is 13.3. The molecule has 0 spiro atoms. The zero-order valence-corrected chi connectivity index (χ0v) is 30.2. The van der Waals surface area contributed by atoms with Gasteiger partial charge in [0, 0.05) is 24.9 Å². The van der Waals surface area contributed by atoms with E-state index in [1.165, 1.54) is 65.0 Å². The lowest BCUT2D eigenvalue weighted by molar-refractivity contribution is -0.164. The van der Waals surface area contributed by atoms with E-state index < -0.39 is 11.9 Å². The summed E-state index contributed by atoms with van der Waals surface area (Å²) in [6.45, 7) is 4.84. The molecule has 8 rings (SSSR count). The maximum atomic E-state index is 11.4. The van der Waals surface area contributed by atoms with E-state index in [4.69, 9.17) is 9.15 Å². The van der Waals surface area contributed by atoms with Crippen molar-refractivity contribution in [2.45, 2.75) is 59.3 Å². The van der Waals surface area contributed by atoms with Crippen molar-refractivity contribution in [1.82, 2.24) is 15.0 Å². The number of carboxylic acids is 1. The summed E-state index contributed by atoms with van der Waals surface area (Å²) < 4.78 is 19.7. The van der Waals surface area contributed by atoms with E-state index >= 15 is 0 Å². The molecular formula is C36H38BrN4O10+. The van der Waals surface area contributed by atoms with E-state index in [0.717, 1.165) is 37.0 Å². The number of halogens is 1. The molecule has 1 aliphatic heterocycles. The number of carboxylic acid groups (broad SMARTS) is 1. The first kappa shape index (κ1) is 38.7. The molecule has 51 heavy (non-hydrogen) atoms. The van der Waals surface area contributed by atoms with Crippen molar-refractivity contribution in [3.63, 3.8) is 0 Å². The van der Waals surface area contributed by atoms with Crippen molar-refractivity contribution in [2.75, 3.05) is 13.7 Å². The molecule has 268 valence electrons. The molecule has 0 amide bonds. The number of methoxy groups -OCH3 is 1. The molecule has 0 saturated heterocycles. The summed E-state index contributed by atoms with van der Waals surface area (Å²) in [7, 11) is 1.34. The topological polar surface area (TPSA) is 197 Å². The maximum Gasteiger partial charge on any atom is 0.375 e. The van der Waals surface area contributed by atoms with Crippen LogP contribution in [-0.2, 0) is 23.8 Å². The van der Waals surface area contributed by atoms with E-state index in [2.05, 4.69) is 51.7 Å². The molecule has 15 heteroatoms. The van der Waals surface area contributed by atoms with E-state index in [1.54, 1.807) is 31.2 Å². The highest BCUT2D eigenvalue weighted by Gasteiger charge is 2.54. The third kappa shape index (κ3) is 10.4. The molecule has 0 radical (unpaired) electrons. The van der Waals surface area contributed by atoms with Crippen LogP contribution < -0.4 is 0 Å². The Labute approximate surface area is 302 Å². The Balaban J connectivity index is 0.000000160. The molecule has 0 unspecified atom stereocenters. The van der Waals surface area contributed by atoms with Crippen LogP contribution in [0, 0.1) is 23.2 Å². The number of hydrogen-bond donors (Lipinski definition) is 1. The summed E-state index contributed by atoms with van der Waals surface area (Å²) in [6.07, 6.45) is 14.6. The van der Waals surface area contributed by atoms with Crippen molar-refractivity contribution >= 4 is 51.8 Å². The number of pyridine rings is 2. The monoisotopic (exact) mass is 765 g/mol. The van der Waals surface area contributed by atoms with Crippen LogP contribution in [0.25, 0.3) is 11.6 Å². The number of rotatable bonds is 7. The number of oxazole rings is 1. The minimum absolute atomic E-state index is 0.0225. The number of ether oxygens (including phenoxy) is 3. The fraction of sp³-hybridized carbons (Fsp3) is 0.417. The zero-order chi connectivity index (χ0) is 37.1. The normalized spacial score (nSPS) is 21.4. The Morgan fingerprint density at radius 3 is 1.94 bits per heavy atom. The quantitative estimate of drug-likeness (QED) is 0.120. The third-order valence-electron chi connectivity index (χ3n) is 8.75. The van der Waals surface area contributed by atoms with Crippen LogP contribution in [0.1, 0.15) is 90.6 Å². The molecule has 0 atom stereocenters. The molecule has 4 fully saturated rings. The summed E-state index contributed by atoms with van der Waals surface area (Å²) in [5, 5.41) is 9.28. The van der Waals surface area contributed by atoms with Gasteiger partial charge in [-0.1, -0.05) is 0 Å². The van der Waals surface area contributed by atoms with Crippen LogP contribution in [0.2, 0.25) is 0 Å². The second kappa shape index (κ2) is 17.7. The fourth-order valence-corrected chi connectivity index (χ4v) is 6.99. The van der Waals surface area contributed by atoms with Gasteiger partial charge in [-0.2, -0.15) is 0 Å². The van der Waals surface area contributed by atoms with Gasteiger partial charge in [-0.15, -0.1) is 0 Å². The van der Waals surface area contributed by atoms with Gasteiger partial charge >= 0.3 is 30.1 Å². The fourth-order valence-electron chi connectivity index (χ4n) is 6.75. The number of aliphatic imine (C=N–C) groups is 1. The van der Waals surface area contributed by atoms with Crippen LogP contribution >= 0.6 is 15.9 Å². The molecule has 4 aliphatic carbocycles. The number of hydrogen-bond acceptors (Lipinski definition) is 13. The molecule has 4 heterocycles. The van der Waals surface area contributed by atoms with Gasteiger partial charge in [0.15, 0.2) is 5.78 Å². The maximum absolute atomic E-state index is 11.4. The average molecular weight is 767 g/mol. The Hall–Kier alpha value is -5.14. The second-order valence-electron chi connectivity index (χ2n) is 12.5. The molecular weight excluding hydrogens is 728 g/mol. The number of esters is 2. The first-order valence-electron chi connectivity index (χ1n) is 16.2. The zero-order valence-electron chi connectivity index (χ0n) is 28.6. The van der Waals surface area contributed by atoms with Crippen molar-refractivity contribution in [3.05, 3.63) is 76.3 Å². The predicted octanol–water partition coefficient (Wildman–Crippen LogP) is 6.39. The smallest absolute Gasteiger partial charge is 0.375 e. The van der Waals surface area contributed by atoms with Gasteiger partial charge in [0.25, 0.3) is 5.78 Å². The number of aliphatic carboxylic acids is 1. The van der Waals surface area contributed by atoms with E-state index in [9.17, 15) is 29.1 Å². The highest BCUT2D eigenvalue weighted by atomic mass is 79.9. The van der Waals surface area contributed by atoms with Crippen molar-refractivity contribution in [1.29, 1.82) is 0 Å². The lowest BCUT2D eigenvalue weighted by Crippen LogP contribution is -2.49. The van der Waals surface area contributed by atoms with E-state index in [-0.39, 0.29) is 47.0 Å². The number of carbonyl (C=O) groups is 5. The molecule has 4 bridgehead atoms. The molecule has 3 aromatic heterocycles. The van der Waals surface area contributed by atoms with Crippen LogP contribution in [0.3, 0.4) is 0 Å². The van der Waals surface area contributed by atoms with E-state index in [0.29, 0.717) is 21.4 Å². The SMILES string of the molecule is CC(=O)C1=CN=[C+]O1.CCOC(=O)c1cnc(-c2ccc(C(C)=O)cn2)o1.COC(=O)c1ccc(Br)nc1.O=C(O)C12CC3CC(CC(C3)C1)C2. The van der Waals surface area contributed by atoms with Gasteiger partial charge in [-0.3, -0.25) is 19.4 Å². The molecule has 5 aliphatic rings. The largest absolute Gasteiger partial charge is 0.481 e. The Bertz CT molecular complexity index is 1750. The summed E-state index contributed by atoms with van der Waals surface area (Å²) in [5.41, 5.74) is 1.12. The van der Waals surface area contributed by atoms with Gasteiger partial charge in [0.2, 0.25) is 17.9 Å². The van der Waals surface area contributed by atoms with E-state index in [1.807, 2.05) is 0 Å². The number of aromatic nitrogens is 3. The van der Waals surface area contributed by atoms with Crippen LogP contribution in [-0.4, -0.2) is 69.7 Å². The first-order valence-corrected chi connectivity index (χ1v) is 17.0. The lowest BCUT2D eigenvalue weighted by atomic mass is 9.49. The molecule has 3 aromatic rings. The van der Waals surface area contributed by atoms with Crippen LogP contribution in [0.15, 0.2) is 68.8 Å². The van der Waals surface area contributed by atoms with Crippen LogP contribution in [0.4, 0.5) is 0 Å². The van der Waals surface area contributed by atoms with Gasteiger partial charge in [-0.25, -0.2) is 24.3 Å². The van der Waals surface area contributed by atoms with Gasteiger partial charge in [0.1, 0.15) is 10.3 Å². The summed E-state index contributed by atoms with van der Waals surface area (Å²) in [4.78, 5) is 70.3. The molecule has 4 saturated carbocycles. The number of carbonyl (C=O) groups excluding carboxylic acids is 4. The van der Waals surface area contributed by atoms with Crippen molar-refractivity contribution < 1.29 is 47.7 Å². The summed E-state index contributed by atoms with van der Waals surface area (Å²) in [5.74, 6) is 1.10. The minimum atomic E-state index is -0.568. The minimum Gasteiger partial charge on any atom is -0.481 e. The summed E-state index contributed by atoms with van der Waals surface area (Å²) in [6, 6.07) is 6.56. The molecule has 1 N–H and O–H groups in total. The third-order valence-corrected chi connectivity index (χ3v) is 9.22. The lowest BCUT2D eigenvalue weighted by Gasteiger charge is -2.54. The highest BCUT2D eigenvalue weighted by molar-refractivity contribution is 9.10.